The predicted molar refractivity (Wildman–Crippen MR) is 226 cm³/mol. The first-order valence-corrected chi connectivity index (χ1v) is 18.3. The first kappa shape index (κ1) is 32.7. The van der Waals surface area contributed by atoms with Gasteiger partial charge >= 0.3 is 0 Å². The van der Waals surface area contributed by atoms with E-state index in [-0.39, 0.29) is 0 Å². The molecule has 8 aromatic carbocycles. The number of hydrogen-bond acceptors (Lipinski definition) is 2. The molecule has 0 fully saturated rings. The molecule has 9 aromatic rings. The molecule has 0 amide bonds. The van der Waals surface area contributed by atoms with Gasteiger partial charge in [-0.25, -0.2) is 9.97 Å². The molecule has 0 aliphatic carbocycles. The number of aromatic nitrogens is 2. The van der Waals surface area contributed by atoms with Crippen LogP contribution in [0, 0.1) is 0 Å². The van der Waals surface area contributed by atoms with Gasteiger partial charge in [0.15, 0.2) is 5.82 Å². The monoisotopic (exact) mass is 688 g/mol. The topological polar surface area (TPSA) is 25.8 Å². The van der Waals surface area contributed by atoms with Crippen molar-refractivity contribution in [3.63, 3.8) is 0 Å². The summed E-state index contributed by atoms with van der Waals surface area (Å²) >= 11 is 0. The van der Waals surface area contributed by atoms with Crippen LogP contribution in [0.1, 0.15) is 0 Å². The normalized spacial score (nSPS) is 11.0. The second kappa shape index (κ2) is 14.8. The maximum absolute atomic E-state index is 5.19. The van der Waals surface area contributed by atoms with E-state index < -0.39 is 0 Å². The minimum absolute atomic E-state index is 0.701. The van der Waals surface area contributed by atoms with E-state index in [0.717, 1.165) is 44.8 Å². The van der Waals surface area contributed by atoms with Crippen molar-refractivity contribution in [1.82, 2.24) is 9.97 Å². The van der Waals surface area contributed by atoms with Crippen LogP contribution in [-0.4, -0.2) is 9.97 Å². The Labute approximate surface area is 316 Å². The lowest BCUT2D eigenvalue weighted by Gasteiger charge is -2.24. The van der Waals surface area contributed by atoms with E-state index in [9.17, 15) is 0 Å². The molecule has 0 saturated carbocycles. The summed E-state index contributed by atoms with van der Waals surface area (Å²) in [6.45, 7) is 0. The summed E-state index contributed by atoms with van der Waals surface area (Å²) in [5, 5.41) is 0. The predicted octanol–water partition coefficient (Wildman–Crippen LogP) is 13.8. The van der Waals surface area contributed by atoms with Crippen molar-refractivity contribution in [2.45, 2.75) is 0 Å². The smallest absolute Gasteiger partial charge is 0.160 e. The van der Waals surface area contributed by atoms with Gasteiger partial charge in [-0.3, -0.25) is 0 Å². The van der Waals surface area contributed by atoms with Gasteiger partial charge in [-0.2, -0.15) is 0 Å². The van der Waals surface area contributed by atoms with Gasteiger partial charge in [0.2, 0.25) is 0 Å². The van der Waals surface area contributed by atoms with Crippen molar-refractivity contribution in [2.24, 2.45) is 0 Å². The van der Waals surface area contributed by atoms with Crippen molar-refractivity contribution >= 4 is 0 Å². The number of rotatable bonds is 8. The van der Waals surface area contributed by atoms with Gasteiger partial charge in [0.05, 0.1) is 11.4 Å². The molecule has 2 nitrogen and oxygen atoms in total. The third-order valence-electron chi connectivity index (χ3n) is 9.90. The third-order valence-corrected chi connectivity index (χ3v) is 9.90. The summed E-state index contributed by atoms with van der Waals surface area (Å²) in [6, 6.07) is 77.2. The maximum atomic E-state index is 5.19. The van der Waals surface area contributed by atoms with Crippen LogP contribution in [-0.2, 0) is 0 Å². The minimum atomic E-state index is 0.701. The van der Waals surface area contributed by atoms with Crippen LogP contribution in [0.3, 0.4) is 0 Å². The second-order valence-corrected chi connectivity index (χ2v) is 13.3. The Morgan fingerprint density at radius 3 is 1.07 bits per heavy atom. The van der Waals surface area contributed by atoms with Gasteiger partial charge in [0.25, 0.3) is 0 Å². The van der Waals surface area contributed by atoms with Gasteiger partial charge < -0.3 is 0 Å². The number of hydrogen-bond donors (Lipinski definition) is 0. The Bertz CT molecular complexity index is 2600. The number of nitrogens with zero attached hydrogens (tertiary/aromatic N) is 2. The molecule has 0 spiro atoms. The quantitative estimate of drug-likeness (QED) is 0.159. The Kier molecular flexibility index (Phi) is 8.99. The van der Waals surface area contributed by atoms with Crippen LogP contribution in [0.2, 0.25) is 0 Å². The molecule has 0 unspecified atom stereocenters. The highest BCUT2D eigenvalue weighted by atomic mass is 14.9. The van der Waals surface area contributed by atoms with Crippen molar-refractivity contribution in [3.05, 3.63) is 218 Å². The SMILES string of the molecule is c1ccc(-c2cc(-c3cccc(-c4cc(-c5ccccc5)c(-c5ccccc5)c(-c5ccccc5)c4-c4ccccc4)c3)nc(-c3ccccc3)n2)cc1. The molecule has 0 radical (unpaired) electrons. The zero-order valence-electron chi connectivity index (χ0n) is 29.7. The molecule has 0 aliphatic heterocycles. The largest absolute Gasteiger partial charge is 0.228 e. The summed E-state index contributed by atoms with van der Waals surface area (Å²) in [7, 11) is 0. The van der Waals surface area contributed by atoms with Crippen molar-refractivity contribution in [2.75, 3.05) is 0 Å². The van der Waals surface area contributed by atoms with Crippen molar-refractivity contribution < 1.29 is 0 Å². The van der Waals surface area contributed by atoms with E-state index in [1.54, 1.807) is 0 Å². The molecule has 1 aromatic heterocycles. The van der Waals surface area contributed by atoms with Gasteiger partial charge in [-0.05, 0) is 73.8 Å². The fourth-order valence-corrected chi connectivity index (χ4v) is 7.37. The van der Waals surface area contributed by atoms with E-state index in [4.69, 9.17) is 9.97 Å². The molecule has 9 rings (SSSR count). The Hall–Kier alpha value is -7.16. The number of benzene rings is 8. The van der Waals surface area contributed by atoms with Gasteiger partial charge in [-0.15, -0.1) is 0 Å². The van der Waals surface area contributed by atoms with Crippen molar-refractivity contribution in [3.8, 4) is 89.5 Å². The molecule has 1 heterocycles. The summed E-state index contributed by atoms with van der Waals surface area (Å²) in [5.41, 5.74) is 16.5. The average molecular weight is 689 g/mol. The minimum Gasteiger partial charge on any atom is -0.228 e. The molecular weight excluding hydrogens is 653 g/mol. The highest BCUT2D eigenvalue weighted by molar-refractivity contribution is 6.07. The lowest BCUT2D eigenvalue weighted by molar-refractivity contribution is 1.18. The molecule has 2 heteroatoms. The standard InChI is InChI=1S/C52H36N2/c1-7-20-37(21-8-1)45-35-46(50(40-26-13-4-14-27-40)51(41-28-15-5-16-29-41)49(45)39-24-11-3-12-25-39)43-32-19-33-44(34-43)48-36-47(38-22-9-2-10-23-38)53-52(54-48)42-30-17-6-18-31-42/h1-36H. The van der Waals surface area contributed by atoms with E-state index in [1.807, 2.05) is 24.3 Å². The van der Waals surface area contributed by atoms with Crippen LogP contribution in [0.15, 0.2) is 218 Å². The summed E-state index contributed by atoms with van der Waals surface area (Å²) in [5.74, 6) is 0.701. The maximum Gasteiger partial charge on any atom is 0.160 e. The lowest BCUT2D eigenvalue weighted by atomic mass is 9.78. The zero-order valence-corrected chi connectivity index (χ0v) is 29.7. The molecule has 0 N–H and O–H groups in total. The Morgan fingerprint density at radius 2 is 0.574 bits per heavy atom. The van der Waals surface area contributed by atoms with Gasteiger partial charge in [0.1, 0.15) is 0 Å². The third kappa shape index (κ3) is 6.53. The van der Waals surface area contributed by atoms with Crippen LogP contribution >= 0.6 is 0 Å². The molecule has 0 aliphatic rings. The Morgan fingerprint density at radius 1 is 0.222 bits per heavy atom. The van der Waals surface area contributed by atoms with E-state index >= 15 is 0 Å². The molecule has 0 bridgehead atoms. The highest BCUT2D eigenvalue weighted by Gasteiger charge is 2.24. The highest BCUT2D eigenvalue weighted by Crippen LogP contribution is 2.50. The fourth-order valence-electron chi connectivity index (χ4n) is 7.37. The molecule has 0 saturated heterocycles. The van der Waals surface area contributed by atoms with Crippen LogP contribution in [0.5, 0.6) is 0 Å². The summed E-state index contributed by atoms with van der Waals surface area (Å²) in [6.07, 6.45) is 0. The second-order valence-electron chi connectivity index (χ2n) is 13.3. The van der Waals surface area contributed by atoms with Crippen molar-refractivity contribution in [1.29, 1.82) is 0 Å². The first-order chi connectivity index (χ1) is 26.8. The molecule has 254 valence electrons. The van der Waals surface area contributed by atoms with Crippen LogP contribution < -0.4 is 0 Å². The lowest BCUT2D eigenvalue weighted by Crippen LogP contribution is -1.98. The average Bonchev–Trinajstić information content (AvgIpc) is 3.27. The fraction of sp³-hybridized carbons (Fsp3) is 0. The first-order valence-electron chi connectivity index (χ1n) is 18.3. The van der Waals surface area contributed by atoms with Gasteiger partial charge in [-0.1, -0.05) is 200 Å². The van der Waals surface area contributed by atoms with E-state index in [1.165, 1.54) is 38.9 Å². The molecular formula is C52H36N2. The molecule has 54 heavy (non-hydrogen) atoms. The van der Waals surface area contributed by atoms with E-state index in [2.05, 4.69) is 194 Å². The zero-order chi connectivity index (χ0) is 36.1. The van der Waals surface area contributed by atoms with Crippen LogP contribution in [0.4, 0.5) is 0 Å². The summed E-state index contributed by atoms with van der Waals surface area (Å²) in [4.78, 5) is 10.2. The van der Waals surface area contributed by atoms with Gasteiger partial charge in [0, 0.05) is 16.7 Å². The van der Waals surface area contributed by atoms with Crippen LogP contribution in [0.25, 0.3) is 89.5 Å². The Balaban J connectivity index is 1.34. The van der Waals surface area contributed by atoms with E-state index in [0.29, 0.717) is 5.82 Å². The molecule has 0 atom stereocenters. The summed E-state index contributed by atoms with van der Waals surface area (Å²) < 4.78 is 0.